The molecule has 4 heteroatoms. The molecule has 1 atom stereocenters. The lowest BCUT2D eigenvalue weighted by Gasteiger charge is -2.44. The molecule has 1 aromatic rings. The highest BCUT2D eigenvalue weighted by molar-refractivity contribution is 5.54. The van der Waals surface area contributed by atoms with E-state index in [-0.39, 0.29) is 18.3 Å². The molecule has 21 heavy (non-hydrogen) atoms. The molecule has 3 rings (SSSR count). The molecule has 1 aliphatic carbocycles. The molecule has 1 heterocycles. The van der Waals surface area contributed by atoms with Crippen LogP contribution in [0.25, 0.3) is 0 Å². The lowest BCUT2D eigenvalue weighted by molar-refractivity contribution is -0.101. The number of ether oxygens (including phenoxy) is 1. The average Bonchev–Trinajstić information content (AvgIpc) is 3.28. The molecule has 2 N–H and O–H groups in total. The number of para-hydroxylation sites is 1. The number of hydrogen-bond donors (Lipinski definition) is 2. The van der Waals surface area contributed by atoms with E-state index in [1.807, 2.05) is 0 Å². The molecule has 0 amide bonds. The maximum atomic E-state index is 9.48. The average molecular weight is 290 g/mol. The summed E-state index contributed by atoms with van der Waals surface area (Å²) in [6.07, 6.45) is 2.50. The van der Waals surface area contributed by atoms with Crippen LogP contribution in [0.3, 0.4) is 0 Å². The van der Waals surface area contributed by atoms with Crippen molar-refractivity contribution >= 4 is 5.69 Å². The number of nitrogens with one attached hydrogen (secondary N) is 1. The van der Waals surface area contributed by atoms with E-state index in [0.29, 0.717) is 6.04 Å². The fraction of sp³-hybridized carbons (Fsp3) is 0.647. The van der Waals surface area contributed by atoms with Crippen LogP contribution in [0.2, 0.25) is 0 Å². The predicted molar refractivity (Wildman–Crippen MR) is 84.6 cm³/mol. The summed E-state index contributed by atoms with van der Waals surface area (Å²) in [7, 11) is 0. The van der Waals surface area contributed by atoms with Crippen molar-refractivity contribution in [3.8, 4) is 0 Å². The first-order chi connectivity index (χ1) is 10.1. The van der Waals surface area contributed by atoms with Gasteiger partial charge >= 0.3 is 0 Å². The van der Waals surface area contributed by atoms with E-state index in [9.17, 15) is 5.11 Å². The summed E-state index contributed by atoms with van der Waals surface area (Å²) in [4.78, 5) is 2.36. The van der Waals surface area contributed by atoms with E-state index in [4.69, 9.17) is 4.74 Å². The van der Waals surface area contributed by atoms with Gasteiger partial charge < -0.3 is 20.1 Å². The third-order valence-corrected chi connectivity index (χ3v) is 4.18. The largest absolute Gasteiger partial charge is 0.394 e. The molecule has 1 saturated carbocycles. The topological polar surface area (TPSA) is 44.7 Å². The number of rotatable bonds is 5. The fourth-order valence-electron chi connectivity index (χ4n) is 3.08. The predicted octanol–water partition coefficient (Wildman–Crippen LogP) is 1.91. The molecule has 116 valence electrons. The fourth-order valence-corrected chi connectivity index (χ4v) is 3.08. The highest BCUT2D eigenvalue weighted by Crippen LogP contribution is 2.29. The molecular formula is C17H26N2O2. The van der Waals surface area contributed by atoms with Gasteiger partial charge in [0, 0.05) is 31.4 Å². The van der Waals surface area contributed by atoms with Gasteiger partial charge in [-0.2, -0.15) is 0 Å². The van der Waals surface area contributed by atoms with Gasteiger partial charge in [-0.05, 0) is 38.3 Å². The Bertz CT molecular complexity index is 485. The monoisotopic (exact) mass is 290 g/mol. The van der Waals surface area contributed by atoms with Crippen LogP contribution in [0.1, 0.15) is 32.3 Å². The Hall–Kier alpha value is -1.10. The summed E-state index contributed by atoms with van der Waals surface area (Å²) in [6, 6.07) is 9.28. The number of nitrogens with zero attached hydrogens (tertiary/aromatic N) is 1. The molecule has 0 radical (unpaired) electrons. The Kier molecular flexibility index (Phi) is 4.20. The van der Waals surface area contributed by atoms with Gasteiger partial charge in [-0.25, -0.2) is 0 Å². The molecule has 1 aromatic carbocycles. The third kappa shape index (κ3) is 3.76. The SMILES string of the molecule is CC1(C)CN(c2ccccc2CNC2CC2)CC(CO)O1. The third-order valence-electron chi connectivity index (χ3n) is 4.18. The Morgan fingerprint density at radius 2 is 2.10 bits per heavy atom. The second-order valence-corrected chi connectivity index (χ2v) is 6.85. The van der Waals surface area contributed by atoms with Gasteiger partial charge in [-0.3, -0.25) is 0 Å². The molecule has 0 bridgehead atoms. The molecule has 2 aliphatic rings. The van der Waals surface area contributed by atoms with Gasteiger partial charge in [0.15, 0.2) is 0 Å². The highest BCUT2D eigenvalue weighted by Gasteiger charge is 2.33. The van der Waals surface area contributed by atoms with Crippen LogP contribution in [0.15, 0.2) is 24.3 Å². The van der Waals surface area contributed by atoms with Crippen LogP contribution in [0.4, 0.5) is 5.69 Å². The smallest absolute Gasteiger partial charge is 0.0988 e. The number of hydrogen-bond acceptors (Lipinski definition) is 4. The van der Waals surface area contributed by atoms with Crippen molar-refractivity contribution in [2.75, 3.05) is 24.6 Å². The first-order valence-corrected chi connectivity index (χ1v) is 7.92. The van der Waals surface area contributed by atoms with E-state index in [1.165, 1.54) is 24.1 Å². The summed E-state index contributed by atoms with van der Waals surface area (Å²) < 4.78 is 5.92. The van der Waals surface area contributed by atoms with Crippen molar-refractivity contribution < 1.29 is 9.84 Å². The Morgan fingerprint density at radius 3 is 2.81 bits per heavy atom. The van der Waals surface area contributed by atoms with E-state index < -0.39 is 0 Å². The molecular weight excluding hydrogens is 264 g/mol. The minimum absolute atomic E-state index is 0.0718. The van der Waals surface area contributed by atoms with Gasteiger partial charge in [0.05, 0.1) is 18.3 Å². The number of aliphatic hydroxyl groups excluding tert-OH is 1. The number of benzene rings is 1. The Balaban J connectivity index is 1.77. The lowest BCUT2D eigenvalue weighted by Crippen LogP contribution is -2.54. The van der Waals surface area contributed by atoms with E-state index >= 15 is 0 Å². The second kappa shape index (κ2) is 5.95. The van der Waals surface area contributed by atoms with Crippen LogP contribution in [0, 0.1) is 0 Å². The molecule has 0 spiro atoms. The van der Waals surface area contributed by atoms with Crippen molar-refractivity contribution in [3.05, 3.63) is 29.8 Å². The Morgan fingerprint density at radius 1 is 1.33 bits per heavy atom. The molecule has 1 aliphatic heterocycles. The molecule has 4 nitrogen and oxygen atoms in total. The molecule has 1 unspecified atom stereocenters. The highest BCUT2D eigenvalue weighted by atomic mass is 16.5. The molecule has 0 aromatic heterocycles. The number of aliphatic hydroxyl groups is 1. The van der Waals surface area contributed by atoms with Crippen molar-refractivity contribution in [2.45, 2.75) is 51.0 Å². The summed E-state index contributed by atoms with van der Waals surface area (Å²) in [5, 5.41) is 13.1. The second-order valence-electron chi connectivity index (χ2n) is 6.85. The quantitative estimate of drug-likeness (QED) is 0.869. The summed E-state index contributed by atoms with van der Waals surface area (Å²) >= 11 is 0. The van der Waals surface area contributed by atoms with Crippen LogP contribution < -0.4 is 10.2 Å². The van der Waals surface area contributed by atoms with Crippen LogP contribution >= 0.6 is 0 Å². The van der Waals surface area contributed by atoms with Gasteiger partial charge in [-0.1, -0.05) is 18.2 Å². The maximum absolute atomic E-state index is 9.48. The first-order valence-electron chi connectivity index (χ1n) is 7.92. The lowest BCUT2D eigenvalue weighted by atomic mass is 10.0. The maximum Gasteiger partial charge on any atom is 0.0988 e. The van der Waals surface area contributed by atoms with Gasteiger partial charge in [0.2, 0.25) is 0 Å². The van der Waals surface area contributed by atoms with Crippen molar-refractivity contribution in [2.24, 2.45) is 0 Å². The molecule has 1 saturated heterocycles. The van der Waals surface area contributed by atoms with Crippen LogP contribution in [-0.2, 0) is 11.3 Å². The van der Waals surface area contributed by atoms with Gasteiger partial charge in [0.1, 0.15) is 0 Å². The standard InChI is InChI=1S/C17H26N2O2/c1-17(2)12-19(10-15(11-20)21-17)16-6-4-3-5-13(16)9-18-14-7-8-14/h3-6,14-15,18,20H,7-12H2,1-2H3. The zero-order chi connectivity index (χ0) is 14.9. The Labute approximate surface area is 127 Å². The van der Waals surface area contributed by atoms with Crippen molar-refractivity contribution in [1.29, 1.82) is 0 Å². The van der Waals surface area contributed by atoms with Crippen LogP contribution in [0.5, 0.6) is 0 Å². The van der Waals surface area contributed by atoms with E-state index in [2.05, 4.69) is 48.3 Å². The minimum atomic E-state index is -0.233. The minimum Gasteiger partial charge on any atom is -0.394 e. The van der Waals surface area contributed by atoms with Crippen molar-refractivity contribution in [1.82, 2.24) is 5.32 Å². The van der Waals surface area contributed by atoms with Gasteiger partial charge in [0.25, 0.3) is 0 Å². The first kappa shape index (κ1) is 14.8. The van der Waals surface area contributed by atoms with E-state index in [1.54, 1.807) is 0 Å². The normalized spacial score (nSPS) is 25.1. The van der Waals surface area contributed by atoms with Crippen molar-refractivity contribution in [3.63, 3.8) is 0 Å². The van der Waals surface area contributed by atoms with Crippen LogP contribution in [-0.4, -0.2) is 42.5 Å². The number of morpholine rings is 1. The van der Waals surface area contributed by atoms with E-state index in [0.717, 1.165) is 19.6 Å². The molecule has 2 fully saturated rings. The van der Waals surface area contributed by atoms with Gasteiger partial charge in [-0.15, -0.1) is 0 Å². The number of anilines is 1. The summed E-state index contributed by atoms with van der Waals surface area (Å²) in [5.74, 6) is 0. The zero-order valence-corrected chi connectivity index (χ0v) is 13.0. The zero-order valence-electron chi connectivity index (χ0n) is 13.0. The summed E-state index contributed by atoms with van der Waals surface area (Å²) in [5.41, 5.74) is 2.36. The summed E-state index contributed by atoms with van der Waals surface area (Å²) in [6.45, 7) is 6.77.